The van der Waals surface area contributed by atoms with Crippen molar-refractivity contribution in [3.05, 3.63) is 204 Å². The molecule has 0 bridgehead atoms. The molecule has 0 N–H and O–H groups in total. The molecule has 4 nitrogen and oxygen atoms in total. The Labute approximate surface area is 443 Å². The van der Waals surface area contributed by atoms with E-state index in [9.17, 15) is 0 Å². The lowest BCUT2D eigenvalue weighted by atomic mass is 9.34. The zero-order chi connectivity index (χ0) is 51.7. The number of nitrogens with zero attached hydrogens (tertiary/aromatic N) is 3. The minimum absolute atomic E-state index is 0.0216. The lowest BCUT2D eigenvalue weighted by Crippen LogP contribution is -2.59. The molecule has 2 aromatic heterocycles. The number of para-hydroxylation sites is 2. The quantitative estimate of drug-likeness (QED) is 0.149. The van der Waals surface area contributed by atoms with E-state index in [0.29, 0.717) is 0 Å². The van der Waals surface area contributed by atoms with Crippen LogP contribution in [-0.2, 0) is 22.7 Å². The van der Waals surface area contributed by atoms with Crippen molar-refractivity contribution in [2.45, 2.75) is 105 Å². The maximum absolute atomic E-state index is 7.43. The van der Waals surface area contributed by atoms with Crippen LogP contribution in [0.25, 0.3) is 66.1 Å². The minimum Gasteiger partial charge on any atom is -0.458 e. The molecule has 0 saturated heterocycles. The Bertz CT molecular complexity index is 4100. The molecule has 75 heavy (non-hydrogen) atoms. The minimum atomic E-state index is -0.160. The average molecular weight is 976 g/mol. The van der Waals surface area contributed by atoms with E-state index in [-0.39, 0.29) is 23.0 Å². The SMILES string of the molecule is CCCCc1cc(-c2ccccc2)ccc1N1c2cc(-n3c4ccccc4c4cc(C(C)(C)C)ccc43)ccc2B2c3ccc(-n4c5ccccc5c5cc(C(C)(C)C)ccc54)cc3Oc3cc(C(C)(C)C)cc1c32. The normalized spacial score (nSPS) is 13.4. The van der Waals surface area contributed by atoms with Crippen molar-refractivity contribution in [2.75, 3.05) is 4.90 Å². The number of hydrogen-bond acceptors (Lipinski definition) is 2. The molecule has 0 aliphatic carbocycles. The van der Waals surface area contributed by atoms with Crippen LogP contribution >= 0.6 is 0 Å². The Morgan fingerprint density at radius 3 is 1.57 bits per heavy atom. The third kappa shape index (κ3) is 7.63. The average Bonchev–Trinajstić information content (AvgIpc) is 3.94. The third-order valence-electron chi connectivity index (χ3n) is 16.4. The van der Waals surface area contributed by atoms with Gasteiger partial charge in [-0.25, -0.2) is 0 Å². The Morgan fingerprint density at radius 1 is 0.413 bits per heavy atom. The summed E-state index contributed by atoms with van der Waals surface area (Å²) in [5, 5.41) is 5.07. The Balaban J connectivity index is 1.07. The predicted octanol–water partition coefficient (Wildman–Crippen LogP) is 17.2. The molecule has 4 heterocycles. The van der Waals surface area contributed by atoms with Gasteiger partial charge in [0.25, 0.3) is 6.71 Å². The van der Waals surface area contributed by atoms with Crippen LogP contribution in [0.5, 0.6) is 11.5 Å². The van der Waals surface area contributed by atoms with E-state index in [0.717, 1.165) is 42.1 Å². The highest BCUT2D eigenvalue weighted by molar-refractivity contribution is 6.99. The topological polar surface area (TPSA) is 22.3 Å². The summed E-state index contributed by atoms with van der Waals surface area (Å²) >= 11 is 0. The first-order valence-electron chi connectivity index (χ1n) is 27.3. The van der Waals surface area contributed by atoms with Gasteiger partial charge in [-0.1, -0.05) is 173 Å². The molecule has 0 atom stereocenters. The third-order valence-corrected chi connectivity index (χ3v) is 16.4. The molecule has 0 unspecified atom stereocenters. The number of hydrogen-bond donors (Lipinski definition) is 0. The Kier molecular flexibility index (Phi) is 10.7. The van der Waals surface area contributed by atoms with Gasteiger partial charge in [-0.2, -0.15) is 0 Å². The summed E-state index contributed by atoms with van der Waals surface area (Å²) in [5.74, 6) is 1.83. The summed E-state index contributed by atoms with van der Waals surface area (Å²) in [6, 6.07) is 69.1. The molecule has 0 saturated carbocycles. The van der Waals surface area contributed by atoms with Crippen molar-refractivity contribution in [3.63, 3.8) is 0 Å². The van der Waals surface area contributed by atoms with E-state index < -0.39 is 0 Å². The van der Waals surface area contributed by atoms with E-state index >= 15 is 0 Å². The fraction of sp³-hybridized carbons (Fsp3) is 0.229. The van der Waals surface area contributed by atoms with Gasteiger partial charge in [0, 0.05) is 56.0 Å². The number of aromatic nitrogens is 2. The van der Waals surface area contributed by atoms with E-state index in [1.54, 1.807) is 0 Å². The van der Waals surface area contributed by atoms with Crippen molar-refractivity contribution in [1.29, 1.82) is 0 Å². The summed E-state index contributed by atoms with van der Waals surface area (Å²) < 4.78 is 12.4. The molecular formula is C70H66BN3O. The molecule has 13 rings (SSSR count). The second-order valence-corrected chi connectivity index (χ2v) is 24.5. The van der Waals surface area contributed by atoms with Gasteiger partial charge in [0.2, 0.25) is 0 Å². The largest absolute Gasteiger partial charge is 0.458 e. The van der Waals surface area contributed by atoms with Gasteiger partial charge in [0.15, 0.2) is 0 Å². The zero-order valence-electron chi connectivity index (χ0n) is 45.3. The highest BCUT2D eigenvalue weighted by atomic mass is 16.5. The summed E-state index contributed by atoms with van der Waals surface area (Å²) in [7, 11) is 0. The van der Waals surface area contributed by atoms with Crippen molar-refractivity contribution in [1.82, 2.24) is 9.13 Å². The summed E-state index contributed by atoms with van der Waals surface area (Å²) in [6.07, 6.45) is 3.17. The van der Waals surface area contributed by atoms with Crippen molar-refractivity contribution < 1.29 is 4.74 Å². The summed E-state index contributed by atoms with van der Waals surface area (Å²) in [4.78, 5) is 2.61. The predicted molar refractivity (Wildman–Crippen MR) is 321 cm³/mol. The van der Waals surface area contributed by atoms with Gasteiger partial charge >= 0.3 is 0 Å². The maximum atomic E-state index is 7.43. The van der Waals surface area contributed by atoms with Gasteiger partial charge in [-0.05, 0) is 158 Å². The van der Waals surface area contributed by atoms with Gasteiger partial charge in [0.05, 0.1) is 22.1 Å². The number of aryl methyl sites for hydroxylation is 1. The lowest BCUT2D eigenvalue weighted by Gasteiger charge is -2.42. The van der Waals surface area contributed by atoms with Crippen LogP contribution in [0.4, 0.5) is 17.1 Å². The van der Waals surface area contributed by atoms with Gasteiger partial charge in [0.1, 0.15) is 11.5 Å². The lowest BCUT2D eigenvalue weighted by molar-refractivity contribution is 0.483. The van der Waals surface area contributed by atoms with Crippen LogP contribution < -0.4 is 26.0 Å². The standard InChI is InChI=1S/C70H66BN3O/c1-11-12-20-46-37-45(44-21-14-13-15-22-44)27-34-58(46)74-63-42-50(72-59-25-18-16-23-52(59)54-38-47(68(2,3)4)28-35-61(54)72)30-32-56(63)71-57-33-31-51(43-65(57)75-66-41-49(70(8,9)10)40-64(74)67(66)71)73-60-26-19-17-24-53(60)55-39-48(69(5,6)7)29-36-62(55)73/h13-19,21-43H,11-12,20H2,1-10H3. The number of fused-ring (bicyclic) bond motifs is 10. The zero-order valence-corrected chi connectivity index (χ0v) is 45.3. The molecule has 2 aliphatic rings. The number of ether oxygens (including phenoxy) is 1. The number of unbranched alkanes of at least 4 members (excludes halogenated alkanes) is 1. The second-order valence-electron chi connectivity index (χ2n) is 24.5. The molecule has 11 aromatic rings. The molecule has 0 spiro atoms. The number of anilines is 3. The van der Waals surface area contributed by atoms with Gasteiger partial charge < -0.3 is 18.8 Å². The first kappa shape index (κ1) is 47.0. The Morgan fingerprint density at radius 2 is 0.973 bits per heavy atom. The number of benzene rings is 9. The van der Waals surface area contributed by atoms with E-state index in [4.69, 9.17) is 4.74 Å². The van der Waals surface area contributed by atoms with Crippen LogP contribution in [0.3, 0.4) is 0 Å². The molecule has 0 radical (unpaired) electrons. The van der Waals surface area contributed by atoms with Crippen LogP contribution in [0.2, 0.25) is 0 Å². The van der Waals surface area contributed by atoms with E-state index in [1.165, 1.54) is 110 Å². The smallest absolute Gasteiger partial charge is 0.256 e. The summed E-state index contributed by atoms with van der Waals surface area (Å²) in [5.41, 5.74) is 21.9. The fourth-order valence-corrected chi connectivity index (χ4v) is 12.3. The maximum Gasteiger partial charge on any atom is 0.256 e. The molecule has 0 amide bonds. The van der Waals surface area contributed by atoms with Crippen LogP contribution in [0.15, 0.2) is 182 Å². The highest BCUT2D eigenvalue weighted by Gasteiger charge is 2.43. The molecule has 5 heteroatoms. The first-order chi connectivity index (χ1) is 36.0. The molecule has 0 fully saturated rings. The first-order valence-corrected chi connectivity index (χ1v) is 27.3. The van der Waals surface area contributed by atoms with Crippen LogP contribution in [0.1, 0.15) is 104 Å². The monoisotopic (exact) mass is 976 g/mol. The van der Waals surface area contributed by atoms with Crippen LogP contribution in [0, 0.1) is 0 Å². The second kappa shape index (κ2) is 17.1. The van der Waals surface area contributed by atoms with E-state index in [2.05, 4.69) is 265 Å². The van der Waals surface area contributed by atoms with Gasteiger partial charge in [-0.3, -0.25) is 0 Å². The fourth-order valence-electron chi connectivity index (χ4n) is 12.3. The van der Waals surface area contributed by atoms with E-state index in [1.807, 2.05) is 0 Å². The van der Waals surface area contributed by atoms with Crippen LogP contribution in [-0.4, -0.2) is 15.8 Å². The summed E-state index contributed by atoms with van der Waals surface area (Å²) in [6.45, 7) is 23.0. The molecular weight excluding hydrogens is 910 g/mol. The molecule has 370 valence electrons. The van der Waals surface area contributed by atoms with Crippen molar-refractivity contribution in [2.24, 2.45) is 0 Å². The molecule has 2 aliphatic heterocycles. The molecule has 9 aromatic carbocycles. The Hall–Kier alpha value is -7.76. The van der Waals surface area contributed by atoms with Gasteiger partial charge in [-0.15, -0.1) is 0 Å². The van der Waals surface area contributed by atoms with Crippen molar-refractivity contribution in [3.8, 4) is 34.0 Å². The van der Waals surface area contributed by atoms with Crippen molar-refractivity contribution >= 4 is 83.8 Å². The highest BCUT2D eigenvalue weighted by Crippen LogP contribution is 2.47. The number of rotatable bonds is 7.